The Hall–Kier alpha value is 0.716. The Kier molecular flexibility index (Phi) is 5.36. The van der Waals surface area contributed by atoms with E-state index < -0.39 is 0 Å². The van der Waals surface area contributed by atoms with E-state index in [4.69, 9.17) is 0 Å². The molecule has 1 rings (SSSR count). The zero-order valence-electron chi connectivity index (χ0n) is 5.13. The molecule has 0 aromatic rings. The molecule has 0 aromatic heterocycles. The van der Waals surface area contributed by atoms with Gasteiger partial charge in [0.2, 0.25) is 0 Å². The Balaban J connectivity index is 0. The molecule has 1 heterocycles. The van der Waals surface area contributed by atoms with Crippen molar-refractivity contribution in [2.75, 3.05) is 0 Å². The van der Waals surface area contributed by atoms with Crippen LogP contribution >= 0.6 is 0 Å². The molecule has 0 aromatic carbocycles. The molecule has 0 saturated heterocycles. The van der Waals surface area contributed by atoms with Gasteiger partial charge in [0.05, 0.1) is 0 Å². The molecule has 0 N–H and O–H groups in total. The topological polar surface area (TPSA) is 18.5 Å². The fourth-order valence-corrected chi connectivity index (χ4v) is 0.219. The summed E-state index contributed by atoms with van der Waals surface area (Å²) >= 11 is 0. The zero-order chi connectivity index (χ0) is 4.24. The first-order chi connectivity index (χ1) is 3.00. The summed E-state index contributed by atoms with van der Waals surface area (Å²) in [5, 5.41) is 0. The summed E-state index contributed by atoms with van der Waals surface area (Å²) in [5.74, 6) is 0. The van der Waals surface area contributed by atoms with Crippen LogP contribution in [0.4, 0.5) is 0 Å². The Labute approximate surface area is 86.1 Å². The van der Waals surface area contributed by atoms with E-state index in [1.807, 2.05) is 0 Å². The monoisotopic (exact) mass is 124 g/mol. The van der Waals surface area contributed by atoms with E-state index in [1.54, 1.807) is 0 Å². The molecule has 34 valence electrons. The maximum atomic E-state index is 4.58. The predicted octanol–water partition coefficient (Wildman–Crippen LogP) is -1.91. The minimum Gasteiger partial charge on any atom is -1.00 e. The van der Waals surface area contributed by atoms with Crippen LogP contribution in [0.15, 0.2) is 25.0 Å². The fraction of sp³-hybridized carbons (Fsp3) is 0. The minimum atomic E-state index is 0. The van der Waals surface area contributed by atoms with Gasteiger partial charge in [-0.15, -0.1) is 0 Å². The quantitative estimate of drug-likeness (QED) is 0.351. The van der Waals surface area contributed by atoms with Gasteiger partial charge in [-0.25, -0.2) is 0 Å². The van der Waals surface area contributed by atoms with Crippen molar-refractivity contribution in [3.63, 3.8) is 0 Å². The molecule has 0 bridgehead atoms. The van der Waals surface area contributed by atoms with E-state index >= 15 is 0 Å². The second-order valence-corrected chi connectivity index (χ2v) is 0.816. The molecular formula is C4H5KO2. The largest absolute Gasteiger partial charge is 1.00 e. The number of ether oxygens (including phenoxy) is 2. The number of rotatable bonds is 0. The van der Waals surface area contributed by atoms with Gasteiger partial charge in [0.15, 0.2) is 0 Å². The van der Waals surface area contributed by atoms with Gasteiger partial charge in [0, 0.05) is 0 Å². The van der Waals surface area contributed by atoms with Crippen molar-refractivity contribution in [1.29, 1.82) is 0 Å². The van der Waals surface area contributed by atoms with Gasteiger partial charge in [0.25, 0.3) is 0 Å². The van der Waals surface area contributed by atoms with Crippen molar-refractivity contribution in [3.05, 3.63) is 25.0 Å². The molecule has 0 unspecified atom stereocenters. The minimum absolute atomic E-state index is 0. The van der Waals surface area contributed by atoms with Crippen molar-refractivity contribution in [1.82, 2.24) is 0 Å². The normalized spacial score (nSPS) is 13.7. The van der Waals surface area contributed by atoms with E-state index in [1.165, 1.54) is 25.0 Å². The first-order valence-corrected chi connectivity index (χ1v) is 1.61. The third kappa shape index (κ3) is 3.31. The van der Waals surface area contributed by atoms with Crippen molar-refractivity contribution in [2.24, 2.45) is 0 Å². The number of hydrogen-bond donors (Lipinski definition) is 0. The van der Waals surface area contributed by atoms with Crippen LogP contribution in [0.25, 0.3) is 0 Å². The summed E-state index contributed by atoms with van der Waals surface area (Å²) in [6.07, 6.45) is 5.83. The SMILES string of the molecule is C1=COC=CO1.[H-].[K+]. The first kappa shape index (κ1) is 7.72. The Morgan fingerprint density at radius 1 is 0.857 bits per heavy atom. The Bertz CT molecular complexity index is 72.0. The molecule has 0 amide bonds. The summed E-state index contributed by atoms with van der Waals surface area (Å²) in [6, 6.07) is 0. The van der Waals surface area contributed by atoms with Gasteiger partial charge in [-0.05, 0) is 0 Å². The molecule has 0 saturated carbocycles. The van der Waals surface area contributed by atoms with Gasteiger partial charge >= 0.3 is 51.4 Å². The molecule has 2 nitrogen and oxygen atoms in total. The van der Waals surface area contributed by atoms with E-state index in [9.17, 15) is 0 Å². The molecule has 1 aliphatic heterocycles. The van der Waals surface area contributed by atoms with Crippen molar-refractivity contribution < 1.29 is 62.3 Å². The van der Waals surface area contributed by atoms with Crippen LogP contribution in [0.5, 0.6) is 0 Å². The van der Waals surface area contributed by atoms with Crippen LogP contribution in [0.1, 0.15) is 1.43 Å². The standard InChI is InChI=1S/C4H4O2.K.H/c1-2-6-4-3-5-1;;/h1-4H;;/q;+1;-1. The fourth-order valence-electron chi connectivity index (χ4n) is 0.219. The van der Waals surface area contributed by atoms with Crippen molar-refractivity contribution >= 4 is 0 Å². The Morgan fingerprint density at radius 2 is 1.14 bits per heavy atom. The summed E-state index contributed by atoms with van der Waals surface area (Å²) in [6.45, 7) is 0. The Morgan fingerprint density at radius 3 is 1.29 bits per heavy atom. The van der Waals surface area contributed by atoms with E-state index in [0.29, 0.717) is 0 Å². The van der Waals surface area contributed by atoms with Gasteiger partial charge in [-0.3, -0.25) is 0 Å². The van der Waals surface area contributed by atoms with Crippen molar-refractivity contribution in [2.45, 2.75) is 0 Å². The second-order valence-electron chi connectivity index (χ2n) is 0.816. The molecule has 0 spiro atoms. The molecule has 0 aliphatic carbocycles. The van der Waals surface area contributed by atoms with E-state index in [-0.39, 0.29) is 52.8 Å². The van der Waals surface area contributed by atoms with Crippen LogP contribution < -0.4 is 51.4 Å². The van der Waals surface area contributed by atoms with Gasteiger partial charge < -0.3 is 10.9 Å². The van der Waals surface area contributed by atoms with Gasteiger partial charge in [-0.1, -0.05) is 0 Å². The van der Waals surface area contributed by atoms with E-state index in [2.05, 4.69) is 9.47 Å². The smallest absolute Gasteiger partial charge is 1.00 e. The van der Waals surface area contributed by atoms with Crippen LogP contribution in [0.2, 0.25) is 0 Å². The summed E-state index contributed by atoms with van der Waals surface area (Å²) < 4.78 is 9.17. The maximum Gasteiger partial charge on any atom is 1.00 e. The van der Waals surface area contributed by atoms with Crippen molar-refractivity contribution in [3.8, 4) is 0 Å². The van der Waals surface area contributed by atoms with Crippen LogP contribution in [0.3, 0.4) is 0 Å². The zero-order valence-corrected chi connectivity index (χ0v) is 7.25. The van der Waals surface area contributed by atoms with E-state index in [0.717, 1.165) is 0 Å². The predicted molar refractivity (Wildman–Crippen MR) is 21.6 cm³/mol. The molecule has 7 heavy (non-hydrogen) atoms. The van der Waals surface area contributed by atoms with Crippen LogP contribution in [0, 0.1) is 0 Å². The summed E-state index contributed by atoms with van der Waals surface area (Å²) in [4.78, 5) is 0. The first-order valence-electron chi connectivity index (χ1n) is 1.61. The molecule has 1 aliphatic rings. The maximum absolute atomic E-state index is 4.58. The van der Waals surface area contributed by atoms with Gasteiger partial charge in [-0.2, -0.15) is 0 Å². The average molecular weight is 124 g/mol. The van der Waals surface area contributed by atoms with Crippen LogP contribution in [-0.2, 0) is 9.47 Å². The molecule has 0 fully saturated rings. The molecule has 0 atom stereocenters. The molecular weight excluding hydrogens is 119 g/mol. The number of hydrogen-bond acceptors (Lipinski definition) is 2. The third-order valence-corrected chi connectivity index (χ3v) is 0.425. The van der Waals surface area contributed by atoms with Crippen LogP contribution in [-0.4, -0.2) is 0 Å². The molecule has 3 heteroatoms. The summed E-state index contributed by atoms with van der Waals surface area (Å²) in [5.41, 5.74) is 0. The van der Waals surface area contributed by atoms with Gasteiger partial charge in [0.1, 0.15) is 25.0 Å². The second kappa shape index (κ2) is 4.87. The molecule has 0 radical (unpaired) electrons. The average Bonchev–Trinajstić information content (AvgIpc) is 1.72. The summed E-state index contributed by atoms with van der Waals surface area (Å²) in [7, 11) is 0. The third-order valence-electron chi connectivity index (χ3n) is 0.425.